The molecule has 8 aromatic rings. The van der Waals surface area contributed by atoms with Crippen molar-refractivity contribution in [3.63, 3.8) is 0 Å². The molecular formula is C50H46N8O2. The number of tetrazole rings is 1. The van der Waals surface area contributed by atoms with Crippen molar-refractivity contribution < 1.29 is 4.79 Å². The number of pyridine rings is 1. The fraction of sp³-hybridized carbons (Fsp3) is 0.180. The summed E-state index contributed by atoms with van der Waals surface area (Å²) in [6.07, 6.45) is 4.64. The summed E-state index contributed by atoms with van der Waals surface area (Å²) in [6, 6.07) is 51.1. The number of carbonyl (C=O) groups excluding carboxylic acids is 1. The van der Waals surface area contributed by atoms with Gasteiger partial charge < -0.3 is 5.32 Å². The van der Waals surface area contributed by atoms with Crippen LogP contribution in [0.2, 0.25) is 0 Å². The number of rotatable bonds is 14. The van der Waals surface area contributed by atoms with E-state index in [0.717, 1.165) is 57.5 Å². The van der Waals surface area contributed by atoms with Crippen molar-refractivity contribution in [1.82, 2.24) is 40.1 Å². The van der Waals surface area contributed by atoms with E-state index in [1.165, 1.54) is 0 Å². The van der Waals surface area contributed by atoms with E-state index in [1.54, 1.807) is 29.9 Å². The molecule has 298 valence electrons. The third-order valence-electron chi connectivity index (χ3n) is 11.2. The van der Waals surface area contributed by atoms with Crippen molar-refractivity contribution >= 4 is 5.91 Å². The highest BCUT2D eigenvalue weighted by Gasteiger charge is 2.42. The highest BCUT2D eigenvalue weighted by molar-refractivity contribution is 5.95. The Kier molecular flexibility index (Phi) is 11.6. The van der Waals surface area contributed by atoms with E-state index in [9.17, 15) is 9.59 Å². The van der Waals surface area contributed by atoms with Crippen molar-refractivity contribution in [2.75, 3.05) is 7.05 Å². The first-order valence-electron chi connectivity index (χ1n) is 20.3. The average molecular weight is 791 g/mol. The molecule has 0 fully saturated rings. The van der Waals surface area contributed by atoms with Crippen LogP contribution in [-0.2, 0) is 24.9 Å². The zero-order valence-electron chi connectivity index (χ0n) is 34.0. The summed E-state index contributed by atoms with van der Waals surface area (Å²) < 4.78 is 3.59. The predicted octanol–water partition coefficient (Wildman–Crippen LogP) is 8.45. The normalized spacial score (nSPS) is 11.4. The smallest absolute Gasteiger partial charge is 0.257 e. The van der Waals surface area contributed by atoms with Gasteiger partial charge in [0.05, 0.1) is 23.5 Å². The molecule has 8 rings (SSSR count). The van der Waals surface area contributed by atoms with Gasteiger partial charge in [-0.2, -0.15) is 0 Å². The van der Waals surface area contributed by atoms with E-state index in [0.29, 0.717) is 41.3 Å². The summed E-state index contributed by atoms with van der Waals surface area (Å²) in [6.45, 7) is 4.11. The van der Waals surface area contributed by atoms with Crippen molar-refractivity contribution in [3.05, 3.63) is 219 Å². The highest BCUT2D eigenvalue weighted by atomic mass is 16.1. The van der Waals surface area contributed by atoms with Crippen molar-refractivity contribution in [1.29, 1.82) is 0 Å². The van der Waals surface area contributed by atoms with Crippen LogP contribution in [0.5, 0.6) is 0 Å². The van der Waals surface area contributed by atoms with Gasteiger partial charge in [0, 0.05) is 30.8 Å². The third-order valence-corrected chi connectivity index (χ3v) is 11.2. The molecule has 0 radical (unpaired) electrons. The molecule has 10 nitrogen and oxygen atoms in total. The summed E-state index contributed by atoms with van der Waals surface area (Å²) in [4.78, 5) is 36.5. The van der Waals surface area contributed by atoms with Gasteiger partial charge in [0.2, 0.25) is 0 Å². The first kappa shape index (κ1) is 39.5. The molecule has 3 aromatic heterocycles. The number of hydrogen-bond donors (Lipinski definition) is 1. The molecule has 0 aliphatic carbocycles. The molecular weight excluding hydrogens is 745 g/mol. The van der Waals surface area contributed by atoms with Gasteiger partial charge in [-0.3, -0.25) is 19.1 Å². The number of nitrogens with one attached hydrogen (secondary N) is 1. The summed E-state index contributed by atoms with van der Waals surface area (Å²) in [5, 5.41) is 16.5. The summed E-state index contributed by atoms with van der Waals surface area (Å²) in [5.74, 6) is 0.955. The van der Waals surface area contributed by atoms with Gasteiger partial charge in [0.15, 0.2) is 5.82 Å². The molecule has 10 heteroatoms. The van der Waals surface area contributed by atoms with E-state index in [2.05, 4.69) is 95.2 Å². The molecule has 0 atom stereocenters. The maximum Gasteiger partial charge on any atom is 0.257 e. The lowest BCUT2D eigenvalue weighted by atomic mass is 9.77. The van der Waals surface area contributed by atoms with Gasteiger partial charge >= 0.3 is 0 Å². The molecule has 0 saturated heterocycles. The molecule has 0 aliphatic heterocycles. The van der Waals surface area contributed by atoms with Crippen LogP contribution < -0.4 is 10.9 Å². The number of aromatic nitrogens is 7. The van der Waals surface area contributed by atoms with Crippen LogP contribution >= 0.6 is 0 Å². The molecule has 0 aliphatic rings. The number of nitrogens with zero attached hydrogens (tertiary/aromatic N) is 7. The van der Waals surface area contributed by atoms with Crippen LogP contribution in [0, 0.1) is 6.92 Å². The van der Waals surface area contributed by atoms with Crippen LogP contribution in [0.3, 0.4) is 0 Å². The van der Waals surface area contributed by atoms with Crippen LogP contribution in [0.4, 0.5) is 0 Å². The number of benzene rings is 5. The lowest BCUT2D eigenvalue weighted by Crippen LogP contribution is -2.39. The Labute approximate surface area is 349 Å². The van der Waals surface area contributed by atoms with Crippen molar-refractivity contribution in [2.24, 2.45) is 0 Å². The monoisotopic (exact) mass is 790 g/mol. The van der Waals surface area contributed by atoms with E-state index in [1.807, 2.05) is 78.3 Å². The third kappa shape index (κ3) is 7.55. The van der Waals surface area contributed by atoms with E-state index in [-0.39, 0.29) is 18.0 Å². The minimum Gasteiger partial charge on any atom is -0.355 e. The fourth-order valence-electron chi connectivity index (χ4n) is 8.15. The minimum atomic E-state index is -0.898. The number of hydrogen-bond acceptors (Lipinski definition) is 7. The van der Waals surface area contributed by atoms with Crippen LogP contribution in [-0.4, -0.2) is 47.7 Å². The van der Waals surface area contributed by atoms with Gasteiger partial charge in [-0.1, -0.05) is 153 Å². The van der Waals surface area contributed by atoms with Gasteiger partial charge in [-0.15, -0.1) is 5.10 Å². The summed E-state index contributed by atoms with van der Waals surface area (Å²) >= 11 is 0. The maximum atomic E-state index is 14.4. The molecule has 0 bridgehead atoms. The molecule has 1 N–H and O–H groups in total. The zero-order chi connectivity index (χ0) is 41.5. The standard InChI is InChI=1S/C50H46N8O2/c1-4-5-27-45-44(49(60)57(35(2)53-45)34-46-43(48(59)51-3)26-17-32-52-46)33-36-28-30-37(31-29-36)41-24-15-16-25-42(41)47-54-55-56-58(47)50(38-18-9-6-10-19-38,39-20-11-7-12-21-39)40-22-13-8-14-23-40/h6-26,28-32H,4-5,27,33-34H2,1-3H3,(H,51,59). The lowest BCUT2D eigenvalue weighted by molar-refractivity contribution is 0.0961. The highest BCUT2D eigenvalue weighted by Crippen LogP contribution is 2.43. The van der Waals surface area contributed by atoms with E-state index >= 15 is 0 Å². The van der Waals surface area contributed by atoms with Crippen molar-refractivity contribution in [3.8, 4) is 22.5 Å². The Balaban J connectivity index is 1.19. The molecule has 3 heterocycles. The molecule has 0 saturated carbocycles. The van der Waals surface area contributed by atoms with Crippen LogP contribution in [0.1, 0.15) is 75.2 Å². The quantitative estimate of drug-likeness (QED) is 0.110. The maximum absolute atomic E-state index is 14.4. The number of amides is 1. The predicted molar refractivity (Wildman–Crippen MR) is 235 cm³/mol. The number of aryl methyl sites for hydroxylation is 2. The van der Waals surface area contributed by atoms with Gasteiger partial charge in [-0.25, -0.2) is 9.67 Å². The Hall–Kier alpha value is -7.33. The summed E-state index contributed by atoms with van der Waals surface area (Å²) in [5.41, 5.74) is 8.25. The second-order valence-electron chi connectivity index (χ2n) is 14.8. The van der Waals surface area contributed by atoms with Gasteiger partial charge in [-0.05, 0) is 75.7 Å². The molecule has 60 heavy (non-hydrogen) atoms. The van der Waals surface area contributed by atoms with Gasteiger partial charge in [0.1, 0.15) is 11.4 Å². The SMILES string of the molecule is CCCCc1nc(C)n(Cc2ncccc2C(=O)NC)c(=O)c1Cc1ccc(-c2ccccc2-c2nnnn2C(c2ccccc2)(c2ccccc2)c2ccccc2)cc1. The van der Waals surface area contributed by atoms with Crippen LogP contribution in [0.15, 0.2) is 163 Å². The molecule has 1 amide bonds. The number of unbranched alkanes of at least 4 members (excludes halogenated alkanes) is 1. The van der Waals surface area contributed by atoms with Crippen LogP contribution in [0.25, 0.3) is 22.5 Å². The summed E-state index contributed by atoms with van der Waals surface area (Å²) in [7, 11) is 1.58. The molecule has 0 spiro atoms. The van der Waals surface area contributed by atoms with Crippen molar-refractivity contribution in [2.45, 2.75) is 51.6 Å². The van der Waals surface area contributed by atoms with E-state index < -0.39 is 5.54 Å². The fourth-order valence-corrected chi connectivity index (χ4v) is 8.15. The Bertz CT molecular complexity index is 2690. The Morgan fingerprint density at radius 3 is 1.92 bits per heavy atom. The molecule has 5 aromatic carbocycles. The van der Waals surface area contributed by atoms with E-state index in [4.69, 9.17) is 15.3 Å². The average Bonchev–Trinajstić information content (AvgIpc) is 3.80. The Morgan fingerprint density at radius 2 is 1.32 bits per heavy atom. The Morgan fingerprint density at radius 1 is 0.717 bits per heavy atom. The topological polar surface area (TPSA) is 120 Å². The number of carbonyl (C=O) groups is 1. The molecule has 0 unspecified atom stereocenters. The minimum absolute atomic E-state index is 0.123. The second kappa shape index (κ2) is 17.7. The first-order chi connectivity index (χ1) is 29.4. The first-order valence-corrected chi connectivity index (χ1v) is 20.3. The van der Waals surface area contributed by atoms with Gasteiger partial charge in [0.25, 0.3) is 11.5 Å². The lowest BCUT2D eigenvalue weighted by Gasteiger charge is -2.36. The zero-order valence-corrected chi connectivity index (χ0v) is 34.0. The largest absolute Gasteiger partial charge is 0.355 e. The second-order valence-corrected chi connectivity index (χ2v) is 14.8.